The van der Waals surface area contributed by atoms with Gasteiger partial charge in [0.05, 0.1) is 5.56 Å². The SMILES string of the molecule is Cc1ccc2c(-c3cccc4c3C3=C(c5c6ccccc6c(C#N)c6ccccc56)C=CCC3S4)c3ccccc3c(-c3ccccc3)c2c1. The highest BCUT2D eigenvalue weighted by atomic mass is 32.2. The van der Waals surface area contributed by atoms with Crippen molar-refractivity contribution in [3.63, 3.8) is 0 Å². The lowest BCUT2D eigenvalue weighted by Crippen LogP contribution is -2.07. The first-order valence-corrected chi connectivity index (χ1v) is 18.1. The summed E-state index contributed by atoms with van der Waals surface area (Å²) in [4.78, 5) is 1.34. The Morgan fingerprint density at radius 3 is 1.84 bits per heavy atom. The second kappa shape index (κ2) is 11.3. The Morgan fingerprint density at radius 2 is 1.16 bits per heavy atom. The predicted octanol–water partition coefficient (Wildman–Crippen LogP) is 13.2. The van der Waals surface area contributed by atoms with Crippen molar-refractivity contribution >= 4 is 66.0 Å². The second-order valence-electron chi connectivity index (χ2n) is 13.4. The first-order valence-electron chi connectivity index (χ1n) is 17.3. The monoisotopic (exact) mass is 653 g/mol. The molecule has 8 aromatic carbocycles. The number of thioether (sulfide) groups is 1. The van der Waals surface area contributed by atoms with E-state index in [9.17, 15) is 5.26 Å². The number of hydrogen-bond acceptors (Lipinski definition) is 2. The fourth-order valence-corrected chi connectivity index (χ4v) is 9.99. The molecule has 0 aromatic heterocycles. The normalized spacial score (nSPS) is 15.2. The fraction of sp³-hybridized carbons (Fsp3) is 0.0625. The van der Waals surface area contributed by atoms with Gasteiger partial charge in [0.15, 0.2) is 0 Å². The van der Waals surface area contributed by atoms with Crippen LogP contribution in [0.2, 0.25) is 0 Å². The zero-order valence-corrected chi connectivity index (χ0v) is 28.4. The summed E-state index contributed by atoms with van der Waals surface area (Å²) in [7, 11) is 0. The molecule has 2 heteroatoms. The maximum atomic E-state index is 10.4. The molecule has 2 aliphatic rings. The number of fused-ring (bicyclic) bond motifs is 7. The van der Waals surface area contributed by atoms with Gasteiger partial charge in [-0.2, -0.15) is 5.26 Å². The topological polar surface area (TPSA) is 23.8 Å². The van der Waals surface area contributed by atoms with Crippen molar-refractivity contribution in [2.24, 2.45) is 0 Å². The Morgan fingerprint density at radius 1 is 0.560 bits per heavy atom. The average molecular weight is 654 g/mol. The number of allylic oxidation sites excluding steroid dienone is 3. The molecule has 8 aromatic rings. The molecule has 1 atom stereocenters. The van der Waals surface area contributed by atoms with E-state index >= 15 is 0 Å². The van der Waals surface area contributed by atoms with E-state index in [0.29, 0.717) is 5.25 Å². The van der Waals surface area contributed by atoms with Gasteiger partial charge in [0.2, 0.25) is 0 Å². The van der Waals surface area contributed by atoms with E-state index in [0.717, 1.165) is 33.5 Å². The van der Waals surface area contributed by atoms with Gasteiger partial charge in [0.25, 0.3) is 0 Å². The Hall–Kier alpha value is -5.88. The molecule has 0 bridgehead atoms. The molecule has 1 nitrogen and oxygen atoms in total. The summed E-state index contributed by atoms with van der Waals surface area (Å²) in [5.41, 5.74) is 12.3. The highest BCUT2D eigenvalue weighted by Gasteiger charge is 2.35. The van der Waals surface area contributed by atoms with Crippen molar-refractivity contribution in [3.05, 3.63) is 174 Å². The van der Waals surface area contributed by atoms with Gasteiger partial charge >= 0.3 is 0 Å². The molecule has 1 unspecified atom stereocenters. The lowest BCUT2D eigenvalue weighted by molar-refractivity contribution is 1.09. The van der Waals surface area contributed by atoms with Crippen molar-refractivity contribution in [2.45, 2.75) is 23.5 Å². The molecule has 10 rings (SSSR count). The predicted molar refractivity (Wildman–Crippen MR) is 213 cm³/mol. The van der Waals surface area contributed by atoms with Gasteiger partial charge in [-0.1, -0.05) is 151 Å². The Bertz CT molecular complexity index is 2780. The van der Waals surface area contributed by atoms with Gasteiger partial charge in [-0.25, -0.2) is 0 Å². The van der Waals surface area contributed by atoms with Crippen LogP contribution in [0.4, 0.5) is 0 Å². The van der Waals surface area contributed by atoms with E-state index < -0.39 is 0 Å². The molecule has 1 aliphatic heterocycles. The highest BCUT2D eigenvalue weighted by Crippen LogP contribution is 2.57. The van der Waals surface area contributed by atoms with E-state index in [1.54, 1.807) is 0 Å². The number of rotatable bonds is 3. The van der Waals surface area contributed by atoms with Crippen LogP contribution in [0.15, 0.2) is 157 Å². The Balaban J connectivity index is 1.35. The van der Waals surface area contributed by atoms with Gasteiger partial charge < -0.3 is 0 Å². The van der Waals surface area contributed by atoms with Gasteiger partial charge in [-0.05, 0) is 90.7 Å². The zero-order chi connectivity index (χ0) is 33.3. The van der Waals surface area contributed by atoms with Crippen molar-refractivity contribution in [3.8, 4) is 28.3 Å². The van der Waals surface area contributed by atoms with Gasteiger partial charge in [-0.3, -0.25) is 0 Å². The van der Waals surface area contributed by atoms with Crippen LogP contribution in [0.1, 0.15) is 28.7 Å². The van der Waals surface area contributed by atoms with Crippen LogP contribution in [0.25, 0.3) is 76.5 Å². The summed E-state index contributed by atoms with van der Waals surface area (Å²) in [5, 5.41) is 20.1. The number of nitriles is 1. The zero-order valence-electron chi connectivity index (χ0n) is 27.6. The molecule has 1 aliphatic carbocycles. The third kappa shape index (κ3) is 4.21. The van der Waals surface area contributed by atoms with Crippen molar-refractivity contribution in [2.75, 3.05) is 0 Å². The van der Waals surface area contributed by atoms with Gasteiger partial charge in [0, 0.05) is 26.5 Å². The van der Waals surface area contributed by atoms with E-state index in [1.165, 1.54) is 76.5 Å². The first-order chi connectivity index (χ1) is 24.7. The number of benzene rings is 8. The van der Waals surface area contributed by atoms with Crippen molar-refractivity contribution < 1.29 is 0 Å². The molecule has 0 amide bonds. The van der Waals surface area contributed by atoms with E-state index in [2.05, 4.69) is 165 Å². The summed E-state index contributed by atoms with van der Waals surface area (Å²) < 4.78 is 0. The molecule has 234 valence electrons. The molecule has 0 radical (unpaired) electrons. The van der Waals surface area contributed by atoms with E-state index in [4.69, 9.17) is 0 Å². The second-order valence-corrected chi connectivity index (χ2v) is 14.7. The van der Waals surface area contributed by atoms with E-state index in [1.807, 2.05) is 11.8 Å². The maximum absolute atomic E-state index is 10.4. The summed E-state index contributed by atoms with van der Waals surface area (Å²) in [6, 6.07) is 53.2. The number of aryl methyl sites for hydroxylation is 1. The van der Waals surface area contributed by atoms with Gasteiger partial charge in [-0.15, -0.1) is 11.8 Å². The molecular formula is C48H31NS. The van der Waals surface area contributed by atoms with Crippen molar-refractivity contribution in [1.29, 1.82) is 5.26 Å². The Kier molecular flexibility index (Phi) is 6.60. The molecular weight excluding hydrogens is 623 g/mol. The minimum Gasteiger partial charge on any atom is -0.192 e. The lowest BCUT2D eigenvalue weighted by Gasteiger charge is -2.24. The minimum absolute atomic E-state index is 0.308. The minimum atomic E-state index is 0.308. The number of nitrogens with zero attached hydrogens (tertiary/aromatic N) is 1. The standard InChI is InChI=1S/C48H31NS/c1-29-25-26-37-40(27-29)44(30-13-3-2-4-14-30)35-19-9-10-20-36(35)46(37)39-22-12-24-43-48(39)47-38(21-11-23-42(47)50-43)45-33-17-7-5-15-31(33)41(28-49)32-16-6-8-18-34(32)45/h2-22,24-27,42H,23H2,1H3. The average Bonchev–Trinajstić information content (AvgIpc) is 3.56. The quantitative estimate of drug-likeness (QED) is 0.177. The van der Waals surface area contributed by atoms with Crippen molar-refractivity contribution in [1.82, 2.24) is 0 Å². The molecule has 50 heavy (non-hydrogen) atoms. The third-order valence-electron chi connectivity index (χ3n) is 10.6. The third-order valence-corrected chi connectivity index (χ3v) is 11.9. The number of hydrogen-bond donors (Lipinski definition) is 0. The summed E-state index contributed by atoms with van der Waals surface area (Å²) in [5.74, 6) is 0. The first kappa shape index (κ1) is 29.1. The van der Waals surface area contributed by atoms with Crippen LogP contribution in [-0.4, -0.2) is 5.25 Å². The van der Waals surface area contributed by atoms with Crippen LogP contribution >= 0.6 is 11.8 Å². The van der Waals surface area contributed by atoms with E-state index in [-0.39, 0.29) is 0 Å². The van der Waals surface area contributed by atoms with Crippen LogP contribution in [0.5, 0.6) is 0 Å². The van der Waals surface area contributed by atoms with Crippen LogP contribution in [-0.2, 0) is 0 Å². The molecule has 0 fully saturated rings. The molecule has 0 N–H and O–H groups in total. The molecule has 0 spiro atoms. The summed E-state index contributed by atoms with van der Waals surface area (Å²) in [6.07, 6.45) is 5.69. The molecule has 1 heterocycles. The van der Waals surface area contributed by atoms with Crippen LogP contribution in [0.3, 0.4) is 0 Å². The summed E-state index contributed by atoms with van der Waals surface area (Å²) in [6.45, 7) is 2.20. The molecule has 0 saturated carbocycles. The smallest absolute Gasteiger partial charge is 0.100 e. The van der Waals surface area contributed by atoms with Crippen LogP contribution in [0, 0.1) is 18.3 Å². The van der Waals surface area contributed by atoms with Gasteiger partial charge in [0.1, 0.15) is 6.07 Å². The largest absolute Gasteiger partial charge is 0.192 e. The molecule has 0 saturated heterocycles. The maximum Gasteiger partial charge on any atom is 0.100 e. The summed E-state index contributed by atoms with van der Waals surface area (Å²) >= 11 is 2.00. The highest BCUT2D eigenvalue weighted by molar-refractivity contribution is 8.01. The fourth-order valence-electron chi connectivity index (χ4n) is 8.62. The Labute approximate surface area is 295 Å². The lowest BCUT2D eigenvalue weighted by atomic mass is 9.79. The van der Waals surface area contributed by atoms with Crippen LogP contribution < -0.4 is 0 Å².